The minimum Gasteiger partial charge on any atom is -0.477 e. The maximum absolute atomic E-state index is 10.4. The summed E-state index contributed by atoms with van der Waals surface area (Å²) in [5.74, 6) is -1.34. The van der Waals surface area contributed by atoms with Crippen molar-refractivity contribution in [2.45, 2.75) is 11.7 Å². The summed E-state index contributed by atoms with van der Waals surface area (Å²) in [7, 11) is 0. The van der Waals surface area contributed by atoms with E-state index >= 15 is 0 Å². The van der Waals surface area contributed by atoms with Crippen molar-refractivity contribution in [3.63, 3.8) is 0 Å². The lowest BCUT2D eigenvalue weighted by molar-refractivity contribution is -0.129. The maximum Gasteiger partial charge on any atom is 0.355 e. The lowest BCUT2D eigenvalue weighted by Gasteiger charge is -1.98. The molecule has 1 rings (SSSR count). The molecule has 70 valence electrons. The highest BCUT2D eigenvalue weighted by molar-refractivity contribution is 7.80. The first-order valence-electron chi connectivity index (χ1n) is 3.04. The topological polar surface area (TPSA) is 113 Å². The molecule has 0 bridgehead atoms. The second-order valence-electron chi connectivity index (χ2n) is 1.99. The molecule has 1 aromatic heterocycles. The molecule has 0 fully saturated rings. The SMILES string of the molecule is O=C(O)C(Cn1nnnc1S)=NO. The van der Waals surface area contributed by atoms with E-state index in [1.165, 1.54) is 0 Å². The first kappa shape index (κ1) is 9.45. The first-order valence-corrected chi connectivity index (χ1v) is 3.49. The number of oxime groups is 1. The van der Waals surface area contributed by atoms with E-state index < -0.39 is 11.7 Å². The smallest absolute Gasteiger partial charge is 0.355 e. The number of aromatic nitrogens is 4. The van der Waals surface area contributed by atoms with Gasteiger partial charge in [-0.15, -0.1) is 17.7 Å². The van der Waals surface area contributed by atoms with Crippen LogP contribution >= 0.6 is 12.6 Å². The zero-order valence-corrected chi connectivity index (χ0v) is 7.09. The minimum absolute atomic E-state index is 0.141. The van der Waals surface area contributed by atoms with Crippen LogP contribution < -0.4 is 0 Å². The molecule has 0 aliphatic heterocycles. The van der Waals surface area contributed by atoms with Gasteiger partial charge in [0, 0.05) is 0 Å². The Hall–Kier alpha value is -1.64. The molecule has 0 aromatic carbocycles. The van der Waals surface area contributed by atoms with E-state index in [4.69, 9.17) is 10.3 Å². The standard InChI is InChI=1S/C4H5N5O3S/c10-3(11)2(6-12)1-9-4(13)5-7-8-9/h12H,1H2,(H,10,11)(H,5,8,13). The van der Waals surface area contributed by atoms with Crippen LogP contribution in [0.1, 0.15) is 0 Å². The third kappa shape index (κ3) is 2.15. The highest BCUT2D eigenvalue weighted by atomic mass is 32.1. The zero-order chi connectivity index (χ0) is 9.84. The van der Waals surface area contributed by atoms with Crippen LogP contribution in [0.5, 0.6) is 0 Å². The molecule has 13 heavy (non-hydrogen) atoms. The molecule has 1 aromatic rings. The molecular formula is C4H5N5O3S. The molecule has 0 spiro atoms. The Kier molecular flexibility index (Phi) is 2.80. The van der Waals surface area contributed by atoms with E-state index in [1.54, 1.807) is 0 Å². The molecule has 0 saturated heterocycles. The van der Waals surface area contributed by atoms with E-state index in [1.807, 2.05) is 0 Å². The predicted octanol–water partition coefficient (Wildman–Crippen LogP) is -1.12. The quantitative estimate of drug-likeness (QED) is 0.248. The summed E-state index contributed by atoms with van der Waals surface area (Å²) >= 11 is 3.83. The predicted molar refractivity (Wildman–Crippen MR) is 41.9 cm³/mol. The molecule has 0 aliphatic carbocycles. The van der Waals surface area contributed by atoms with Crippen LogP contribution in [0.15, 0.2) is 10.3 Å². The second kappa shape index (κ2) is 3.85. The average Bonchev–Trinajstić information content (AvgIpc) is 2.46. The summed E-state index contributed by atoms with van der Waals surface area (Å²) < 4.78 is 1.08. The van der Waals surface area contributed by atoms with Crippen molar-refractivity contribution in [3.05, 3.63) is 0 Å². The first-order chi connectivity index (χ1) is 6.15. The van der Waals surface area contributed by atoms with Crippen molar-refractivity contribution in [1.29, 1.82) is 0 Å². The van der Waals surface area contributed by atoms with Crippen molar-refractivity contribution < 1.29 is 15.1 Å². The normalized spacial score (nSPS) is 11.6. The van der Waals surface area contributed by atoms with Gasteiger partial charge in [0.15, 0.2) is 5.71 Å². The van der Waals surface area contributed by atoms with E-state index in [0.29, 0.717) is 0 Å². The van der Waals surface area contributed by atoms with Crippen LogP contribution in [0.2, 0.25) is 0 Å². The Balaban J connectivity index is 2.80. The Bertz CT molecular complexity index is 347. The van der Waals surface area contributed by atoms with Crippen LogP contribution in [-0.4, -0.2) is 42.2 Å². The molecule has 0 aliphatic rings. The van der Waals surface area contributed by atoms with Crippen LogP contribution in [0.3, 0.4) is 0 Å². The third-order valence-electron chi connectivity index (χ3n) is 1.18. The maximum atomic E-state index is 10.4. The summed E-state index contributed by atoms with van der Waals surface area (Å²) in [6, 6.07) is 0. The summed E-state index contributed by atoms with van der Waals surface area (Å²) in [5, 5.41) is 29.5. The molecular weight excluding hydrogens is 198 g/mol. The summed E-state index contributed by atoms with van der Waals surface area (Å²) in [4.78, 5) is 10.4. The second-order valence-corrected chi connectivity index (χ2v) is 2.39. The number of carboxylic acid groups (broad SMARTS) is 1. The van der Waals surface area contributed by atoms with E-state index in [0.717, 1.165) is 4.68 Å². The minimum atomic E-state index is -1.34. The van der Waals surface area contributed by atoms with Gasteiger partial charge >= 0.3 is 5.97 Å². The van der Waals surface area contributed by atoms with Crippen LogP contribution in [-0.2, 0) is 11.3 Å². The number of hydrogen-bond acceptors (Lipinski definition) is 7. The fraction of sp³-hybridized carbons (Fsp3) is 0.250. The van der Waals surface area contributed by atoms with Gasteiger partial charge in [0.1, 0.15) is 0 Å². The summed E-state index contributed by atoms with van der Waals surface area (Å²) in [5.41, 5.74) is -0.470. The highest BCUT2D eigenvalue weighted by Gasteiger charge is 2.13. The van der Waals surface area contributed by atoms with Crippen molar-refractivity contribution in [2.75, 3.05) is 0 Å². The van der Waals surface area contributed by atoms with E-state index in [-0.39, 0.29) is 11.7 Å². The van der Waals surface area contributed by atoms with Gasteiger partial charge in [-0.3, -0.25) is 0 Å². The number of tetrazole rings is 1. The van der Waals surface area contributed by atoms with Crippen LogP contribution in [0, 0.1) is 0 Å². The number of carboxylic acids is 1. The number of aliphatic carboxylic acids is 1. The highest BCUT2D eigenvalue weighted by Crippen LogP contribution is 1.97. The number of thiol groups is 1. The van der Waals surface area contributed by atoms with Crippen LogP contribution in [0.4, 0.5) is 0 Å². The van der Waals surface area contributed by atoms with Gasteiger partial charge in [0.05, 0.1) is 6.54 Å². The molecule has 0 amide bonds. The van der Waals surface area contributed by atoms with Gasteiger partial charge in [0.25, 0.3) is 0 Å². The van der Waals surface area contributed by atoms with Gasteiger partial charge in [0.2, 0.25) is 5.16 Å². The summed E-state index contributed by atoms with van der Waals surface area (Å²) in [6.45, 7) is -0.238. The van der Waals surface area contributed by atoms with Gasteiger partial charge in [-0.2, -0.15) is 0 Å². The third-order valence-corrected chi connectivity index (χ3v) is 1.50. The Morgan fingerprint density at radius 1 is 1.69 bits per heavy atom. The molecule has 0 radical (unpaired) electrons. The molecule has 1 heterocycles. The lowest BCUT2D eigenvalue weighted by Crippen LogP contribution is -2.21. The molecule has 8 nitrogen and oxygen atoms in total. The van der Waals surface area contributed by atoms with Crippen molar-refractivity contribution in [3.8, 4) is 0 Å². The van der Waals surface area contributed by atoms with E-state index in [2.05, 4.69) is 33.3 Å². The number of rotatable bonds is 3. The van der Waals surface area contributed by atoms with Crippen molar-refractivity contribution in [2.24, 2.45) is 5.16 Å². The van der Waals surface area contributed by atoms with Gasteiger partial charge in [-0.1, -0.05) is 5.16 Å². The molecule has 9 heteroatoms. The summed E-state index contributed by atoms with van der Waals surface area (Å²) in [6.07, 6.45) is 0. The molecule has 0 atom stereocenters. The lowest BCUT2D eigenvalue weighted by atomic mass is 10.4. The number of hydrogen-bond donors (Lipinski definition) is 3. The Labute approximate surface area is 77.3 Å². The van der Waals surface area contributed by atoms with Crippen molar-refractivity contribution in [1.82, 2.24) is 20.2 Å². The molecule has 2 N–H and O–H groups in total. The van der Waals surface area contributed by atoms with E-state index in [9.17, 15) is 4.79 Å². The number of nitrogens with zero attached hydrogens (tertiary/aromatic N) is 5. The van der Waals surface area contributed by atoms with Gasteiger partial charge in [-0.05, 0) is 10.4 Å². The van der Waals surface area contributed by atoms with Gasteiger partial charge < -0.3 is 10.3 Å². The Morgan fingerprint density at radius 3 is 2.77 bits per heavy atom. The molecule has 0 unspecified atom stereocenters. The average molecular weight is 203 g/mol. The fourth-order valence-electron chi connectivity index (χ4n) is 0.586. The number of carbonyl (C=O) groups is 1. The zero-order valence-electron chi connectivity index (χ0n) is 6.19. The van der Waals surface area contributed by atoms with Gasteiger partial charge in [-0.25, -0.2) is 9.48 Å². The largest absolute Gasteiger partial charge is 0.477 e. The fourth-order valence-corrected chi connectivity index (χ4v) is 0.737. The monoisotopic (exact) mass is 203 g/mol. The Morgan fingerprint density at radius 2 is 2.38 bits per heavy atom. The van der Waals surface area contributed by atoms with Crippen molar-refractivity contribution >= 4 is 24.3 Å². The van der Waals surface area contributed by atoms with Crippen LogP contribution in [0.25, 0.3) is 0 Å². The molecule has 0 saturated carbocycles.